The van der Waals surface area contributed by atoms with Crippen molar-refractivity contribution < 1.29 is 9.84 Å². The predicted octanol–water partition coefficient (Wildman–Crippen LogP) is 0.726. The molecule has 13 heavy (non-hydrogen) atoms. The van der Waals surface area contributed by atoms with Gasteiger partial charge >= 0.3 is 0 Å². The molecule has 1 N–H and O–H groups in total. The van der Waals surface area contributed by atoms with Crippen molar-refractivity contribution in [2.24, 2.45) is 5.92 Å². The number of hydrogen-bond acceptors (Lipinski definition) is 3. The van der Waals surface area contributed by atoms with E-state index in [0.717, 1.165) is 32.5 Å². The van der Waals surface area contributed by atoms with E-state index in [1.165, 1.54) is 0 Å². The van der Waals surface area contributed by atoms with Gasteiger partial charge in [0.15, 0.2) is 0 Å². The van der Waals surface area contributed by atoms with E-state index < -0.39 is 0 Å². The second-order valence-electron chi connectivity index (χ2n) is 3.99. The van der Waals surface area contributed by atoms with Gasteiger partial charge < -0.3 is 14.7 Å². The molecule has 0 radical (unpaired) electrons. The fraction of sp³-hybridized carbons (Fsp3) is 1.00. The Morgan fingerprint density at radius 3 is 2.46 bits per heavy atom. The SMILES string of the molecule is CN(C)C(CCO)C1CCOCC1. The van der Waals surface area contributed by atoms with Crippen molar-refractivity contribution in [3.05, 3.63) is 0 Å². The second-order valence-corrected chi connectivity index (χ2v) is 3.99. The summed E-state index contributed by atoms with van der Waals surface area (Å²) in [6.07, 6.45) is 3.17. The molecular weight excluding hydrogens is 166 g/mol. The standard InChI is InChI=1S/C10H21NO2/c1-11(2)10(3-6-12)9-4-7-13-8-5-9/h9-10,12H,3-8H2,1-2H3. The quantitative estimate of drug-likeness (QED) is 0.704. The molecule has 0 spiro atoms. The first kappa shape index (κ1) is 11.0. The minimum absolute atomic E-state index is 0.292. The van der Waals surface area contributed by atoms with Crippen molar-refractivity contribution in [3.63, 3.8) is 0 Å². The highest BCUT2D eigenvalue weighted by Gasteiger charge is 2.24. The summed E-state index contributed by atoms with van der Waals surface area (Å²) in [6, 6.07) is 0.522. The highest BCUT2D eigenvalue weighted by atomic mass is 16.5. The first-order valence-electron chi connectivity index (χ1n) is 5.10. The van der Waals surface area contributed by atoms with Crippen LogP contribution in [0.4, 0.5) is 0 Å². The molecule has 1 heterocycles. The minimum atomic E-state index is 0.292. The van der Waals surface area contributed by atoms with Crippen LogP contribution in [0.25, 0.3) is 0 Å². The molecule has 0 aliphatic carbocycles. The number of aliphatic hydroxyl groups is 1. The lowest BCUT2D eigenvalue weighted by Crippen LogP contribution is -2.38. The van der Waals surface area contributed by atoms with Gasteiger partial charge in [-0.1, -0.05) is 0 Å². The van der Waals surface area contributed by atoms with Crippen molar-refractivity contribution in [2.45, 2.75) is 25.3 Å². The summed E-state index contributed by atoms with van der Waals surface area (Å²) in [7, 11) is 4.19. The zero-order valence-electron chi connectivity index (χ0n) is 8.70. The van der Waals surface area contributed by atoms with Crippen LogP contribution < -0.4 is 0 Å². The number of rotatable bonds is 4. The highest BCUT2D eigenvalue weighted by Crippen LogP contribution is 2.23. The third-order valence-electron chi connectivity index (χ3n) is 2.90. The minimum Gasteiger partial charge on any atom is -0.396 e. The van der Waals surface area contributed by atoms with Gasteiger partial charge in [0.05, 0.1) is 0 Å². The number of aliphatic hydroxyl groups excluding tert-OH is 1. The molecular formula is C10H21NO2. The second kappa shape index (κ2) is 5.58. The van der Waals surface area contributed by atoms with Crippen LogP contribution in [0.15, 0.2) is 0 Å². The lowest BCUT2D eigenvalue weighted by molar-refractivity contribution is 0.0305. The first-order valence-corrected chi connectivity index (χ1v) is 5.10. The predicted molar refractivity (Wildman–Crippen MR) is 52.7 cm³/mol. The molecule has 3 nitrogen and oxygen atoms in total. The molecule has 0 amide bonds. The first-order chi connectivity index (χ1) is 6.25. The summed E-state index contributed by atoms with van der Waals surface area (Å²) in [4.78, 5) is 2.23. The molecule has 3 heteroatoms. The smallest absolute Gasteiger partial charge is 0.0469 e. The molecule has 0 bridgehead atoms. The van der Waals surface area contributed by atoms with Crippen LogP contribution in [-0.4, -0.2) is 50.0 Å². The zero-order valence-corrected chi connectivity index (χ0v) is 8.70. The Balaban J connectivity index is 2.41. The summed E-state index contributed by atoms with van der Waals surface area (Å²) in [5.74, 6) is 0.705. The average molecular weight is 187 g/mol. The highest BCUT2D eigenvalue weighted by molar-refractivity contribution is 4.77. The molecule has 1 aliphatic heterocycles. The molecule has 78 valence electrons. The fourth-order valence-electron chi connectivity index (χ4n) is 2.15. The largest absolute Gasteiger partial charge is 0.396 e. The van der Waals surface area contributed by atoms with Crippen molar-refractivity contribution >= 4 is 0 Å². The lowest BCUT2D eigenvalue weighted by Gasteiger charge is -2.34. The molecule has 0 saturated carbocycles. The summed E-state index contributed by atoms with van der Waals surface area (Å²) in [5.41, 5.74) is 0. The summed E-state index contributed by atoms with van der Waals surface area (Å²) >= 11 is 0. The number of hydrogen-bond donors (Lipinski definition) is 1. The fourth-order valence-corrected chi connectivity index (χ4v) is 2.15. The Bertz CT molecular complexity index is 133. The Hall–Kier alpha value is -0.120. The van der Waals surface area contributed by atoms with Crippen LogP contribution in [0.5, 0.6) is 0 Å². The molecule has 1 fully saturated rings. The molecule has 1 rings (SSSR count). The van der Waals surface area contributed by atoms with Crippen LogP contribution in [-0.2, 0) is 4.74 Å². The topological polar surface area (TPSA) is 32.7 Å². The van der Waals surface area contributed by atoms with E-state index in [1.807, 2.05) is 0 Å². The van der Waals surface area contributed by atoms with Crippen LogP contribution in [0.1, 0.15) is 19.3 Å². The van der Waals surface area contributed by atoms with Crippen molar-refractivity contribution in [3.8, 4) is 0 Å². The van der Waals surface area contributed by atoms with E-state index in [2.05, 4.69) is 19.0 Å². The van der Waals surface area contributed by atoms with Crippen LogP contribution in [0.3, 0.4) is 0 Å². The third-order valence-corrected chi connectivity index (χ3v) is 2.90. The van der Waals surface area contributed by atoms with E-state index >= 15 is 0 Å². The molecule has 0 aromatic rings. The molecule has 1 unspecified atom stereocenters. The van der Waals surface area contributed by atoms with Crippen LogP contribution in [0.2, 0.25) is 0 Å². The van der Waals surface area contributed by atoms with Gasteiger partial charge in [0.2, 0.25) is 0 Å². The summed E-state index contributed by atoms with van der Waals surface area (Å²) in [6.45, 7) is 2.07. The molecule has 0 aromatic heterocycles. The maximum absolute atomic E-state index is 8.96. The van der Waals surface area contributed by atoms with Crippen molar-refractivity contribution in [1.82, 2.24) is 4.90 Å². The summed E-state index contributed by atoms with van der Waals surface area (Å²) in [5, 5.41) is 8.96. The summed E-state index contributed by atoms with van der Waals surface area (Å²) < 4.78 is 5.33. The maximum Gasteiger partial charge on any atom is 0.0469 e. The van der Waals surface area contributed by atoms with Crippen molar-refractivity contribution in [2.75, 3.05) is 33.9 Å². The molecule has 0 aromatic carbocycles. The van der Waals surface area contributed by atoms with Gasteiger partial charge in [0.1, 0.15) is 0 Å². The third kappa shape index (κ3) is 3.25. The Morgan fingerprint density at radius 2 is 2.00 bits per heavy atom. The Labute approximate surface area is 80.7 Å². The van der Waals surface area contributed by atoms with Gasteiger partial charge in [-0.3, -0.25) is 0 Å². The van der Waals surface area contributed by atoms with Gasteiger partial charge in [-0.2, -0.15) is 0 Å². The molecule has 1 saturated heterocycles. The van der Waals surface area contributed by atoms with E-state index in [9.17, 15) is 0 Å². The Kier molecular flexibility index (Phi) is 4.70. The van der Waals surface area contributed by atoms with Crippen molar-refractivity contribution in [1.29, 1.82) is 0 Å². The lowest BCUT2D eigenvalue weighted by atomic mass is 9.89. The van der Waals surface area contributed by atoms with Crippen LogP contribution in [0, 0.1) is 5.92 Å². The average Bonchev–Trinajstić information content (AvgIpc) is 2.15. The normalized spacial score (nSPS) is 22.2. The van der Waals surface area contributed by atoms with Gasteiger partial charge in [-0.15, -0.1) is 0 Å². The van der Waals surface area contributed by atoms with Gasteiger partial charge in [0, 0.05) is 25.9 Å². The number of nitrogens with zero attached hydrogens (tertiary/aromatic N) is 1. The van der Waals surface area contributed by atoms with Gasteiger partial charge in [-0.25, -0.2) is 0 Å². The number of ether oxygens (including phenoxy) is 1. The van der Waals surface area contributed by atoms with Crippen LogP contribution >= 0.6 is 0 Å². The molecule has 1 atom stereocenters. The Morgan fingerprint density at radius 1 is 1.38 bits per heavy atom. The van der Waals surface area contributed by atoms with Gasteiger partial charge in [-0.05, 0) is 39.3 Å². The van der Waals surface area contributed by atoms with E-state index in [1.54, 1.807) is 0 Å². The van der Waals surface area contributed by atoms with E-state index in [4.69, 9.17) is 9.84 Å². The van der Waals surface area contributed by atoms with E-state index in [-0.39, 0.29) is 0 Å². The van der Waals surface area contributed by atoms with E-state index in [0.29, 0.717) is 18.6 Å². The monoisotopic (exact) mass is 187 g/mol. The molecule has 1 aliphatic rings. The maximum atomic E-state index is 8.96. The zero-order chi connectivity index (χ0) is 9.68. The van der Waals surface area contributed by atoms with Gasteiger partial charge in [0.25, 0.3) is 0 Å².